The van der Waals surface area contributed by atoms with E-state index in [-0.39, 0.29) is 30.4 Å². The molecule has 0 atom stereocenters. The fraction of sp³-hybridized carbons (Fsp3) is 0.348. The number of Topliss-reactive ketones (excluding diaryl/α,β-unsaturated/α-hetero) is 1. The molecule has 168 valence electrons. The predicted molar refractivity (Wildman–Crippen MR) is 119 cm³/mol. The van der Waals surface area contributed by atoms with E-state index in [1.807, 2.05) is 25.1 Å². The van der Waals surface area contributed by atoms with Crippen molar-refractivity contribution in [3.05, 3.63) is 60.0 Å². The molecule has 2 aromatic heterocycles. The van der Waals surface area contributed by atoms with Gasteiger partial charge in [-0.25, -0.2) is 8.42 Å². The van der Waals surface area contributed by atoms with E-state index >= 15 is 0 Å². The van der Waals surface area contributed by atoms with Gasteiger partial charge in [-0.2, -0.15) is 4.31 Å². The lowest BCUT2D eigenvalue weighted by Gasteiger charge is -2.29. The van der Waals surface area contributed by atoms with Crippen molar-refractivity contribution >= 4 is 32.7 Å². The summed E-state index contributed by atoms with van der Waals surface area (Å²) in [6.45, 7) is 2.14. The van der Waals surface area contributed by atoms with Gasteiger partial charge in [-0.1, -0.05) is 25.1 Å². The molecule has 3 aromatic rings. The Labute approximate surface area is 186 Å². The standard InChI is InChI=1S/C23H25N3O5S/c1-2-16-5-3-7-19-20(14-25-22(16)19)21(27)15-31-23(28)17-8-11-26(12-9-17)32(29,30)18-6-4-10-24-13-18/h3-7,10,13-14,17,25H,2,8-9,11-12,15H2,1H3. The van der Waals surface area contributed by atoms with E-state index in [1.165, 1.54) is 22.8 Å². The first kappa shape index (κ1) is 22.2. The number of ether oxygens (including phenoxy) is 1. The molecule has 32 heavy (non-hydrogen) atoms. The number of pyridine rings is 1. The highest BCUT2D eigenvalue weighted by molar-refractivity contribution is 7.89. The molecule has 9 heteroatoms. The molecule has 1 aliphatic rings. The van der Waals surface area contributed by atoms with Crippen LogP contribution in [0.3, 0.4) is 0 Å². The van der Waals surface area contributed by atoms with Crippen molar-refractivity contribution in [2.24, 2.45) is 5.92 Å². The number of esters is 1. The number of aromatic amines is 1. The van der Waals surface area contributed by atoms with Crippen LogP contribution in [0.1, 0.15) is 35.7 Å². The number of piperidine rings is 1. The van der Waals surface area contributed by atoms with Crippen LogP contribution in [0.2, 0.25) is 0 Å². The molecule has 0 bridgehead atoms. The van der Waals surface area contributed by atoms with Crippen LogP contribution >= 0.6 is 0 Å². The number of carbonyl (C=O) groups excluding carboxylic acids is 2. The average molecular weight is 456 g/mol. The number of sulfonamides is 1. The maximum Gasteiger partial charge on any atom is 0.309 e. The largest absolute Gasteiger partial charge is 0.457 e. The van der Waals surface area contributed by atoms with Gasteiger partial charge in [0, 0.05) is 48.1 Å². The van der Waals surface area contributed by atoms with Gasteiger partial charge in [0.25, 0.3) is 0 Å². The molecule has 0 saturated carbocycles. The maximum atomic E-state index is 12.7. The fourth-order valence-corrected chi connectivity index (χ4v) is 5.49. The van der Waals surface area contributed by atoms with Crippen molar-refractivity contribution in [2.45, 2.75) is 31.1 Å². The number of rotatable bonds is 7. The van der Waals surface area contributed by atoms with E-state index in [0.29, 0.717) is 18.4 Å². The van der Waals surface area contributed by atoms with Crippen LogP contribution in [0, 0.1) is 5.92 Å². The maximum absolute atomic E-state index is 12.7. The minimum absolute atomic E-state index is 0.136. The van der Waals surface area contributed by atoms with Crippen LogP contribution in [-0.4, -0.2) is 54.1 Å². The highest BCUT2D eigenvalue weighted by Crippen LogP contribution is 2.25. The Balaban J connectivity index is 1.33. The van der Waals surface area contributed by atoms with Gasteiger partial charge in [0.2, 0.25) is 15.8 Å². The van der Waals surface area contributed by atoms with Gasteiger partial charge < -0.3 is 9.72 Å². The van der Waals surface area contributed by atoms with Crippen molar-refractivity contribution in [1.29, 1.82) is 0 Å². The number of hydrogen-bond donors (Lipinski definition) is 1. The van der Waals surface area contributed by atoms with E-state index in [1.54, 1.807) is 12.3 Å². The summed E-state index contributed by atoms with van der Waals surface area (Å²) < 4.78 is 32.0. The van der Waals surface area contributed by atoms with Gasteiger partial charge in [-0.15, -0.1) is 0 Å². The molecule has 0 unspecified atom stereocenters. The zero-order chi connectivity index (χ0) is 22.7. The van der Waals surface area contributed by atoms with E-state index in [2.05, 4.69) is 9.97 Å². The monoisotopic (exact) mass is 455 g/mol. The minimum atomic E-state index is -3.63. The zero-order valence-corrected chi connectivity index (χ0v) is 18.6. The van der Waals surface area contributed by atoms with Crippen LogP contribution < -0.4 is 0 Å². The third-order valence-electron chi connectivity index (χ3n) is 5.89. The molecule has 0 spiro atoms. The first-order valence-corrected chi connectivity index (χ1v) is 12.0. The third-order valence-corrected chi connectivity index (χ3v) is 7.77. The average Bonchev–Trinajstić information content (AvgIpc) is 3.27. The van der Waals surface area contributed by atoms with E-state index in [9.17, 15) is 18.0 Å². The molecule has 4 rings (SSSR count). The topological polar surface area (TPSA) is 109 Å². The number of aromatic nitrogens is 2. The highest BCUT2D eigenvalue weighted by atomic mass is 32.2. The van der Waals surface area contributed by atoms with E-state index in [0.717, 1.165) is 22.9 Å². The van der Waals surface area contributed by atoms with Gasteiger partial charge in [0.05, 0.1) is 5.92 Å². The summed E-state index contributed by atoms with van der Waals surface area (Å²) in [5, 5.41) is 0.819. The second-order valence-electron chi connectivity index (χ2n) is 7.79. The molecule has 1 N–H and O–H groups in total. The Hall–Kier alpha value is -3.04. The molecule has 1 fully saturated rings. The number of hydrogen-bond acceptors (Lipinski definition) is 6. The number of carbonyl (C=O) groups is 2. The molecule has 3 heterocycles. The van der Waals surface area contributed by atoms with Crippen LogP contribution in [0.25, 0.3) is 10.9 Å². The zero-order valence-electron chi connectivity index (χ0n) is 17.8. The summed E-state index contributed by atoms with van der Waals surface area (Å²) in [5.41, 5.74) is 2.54. The van der Waals surface area contributed by atoms with Gasteiger partial charge in [-0.3, -0.25) is 14.6 Å². The fourth-order valence-electron chi connectivity index (χ4n) is 4.06. The molecular formula is C23H25N3O5S. The smallest absolute Gasteiger partial charge is 0.309 e. The summed E-state index contributed by atoms with van der Waals surface area (Å²) in [6.07, 6.45) is 6.02. The molecular weight excluding hydrogens is 430 g/mol. The van der Waals surface area contributed by atoms with Crippen LogP contribution in [0.5, 0.6) is 0 Å². The summed E-state index contributed by atoms with van der Waals surface area (Å²) in [5.74, 6) is -1.17. The lowest BCUT2D eigenvalue weighted by atomic mass is 9.98. The van der Waals surface area contributed by atoms with Gasteiger partial charge in [-0.05, 0) is 37.0 Å². The summed E-state index contributed by atoms with van der Waals surface area (Å²) in [6, 6.07) is 8.87. The first-order valence-electron chi connectivity index (χ1n) is 10.6. The Kier molecular flexibility index (Phi) is 6.38. The number of fused-ring (bicyclic) bond motifs is 1. The molecule has 0 amide bonds. The lowest BCUT2D eigenvalue weighted by molar-refractivity contribution is -0.148. The normalized spacial score (nSPS) is 15.7. The molecule has 0 aliphatic carbocycles. The quantitative estimate of drug-likeness (QED) is 0.433. The summed E-state index contributed by atoms with van der Waals surface area (Å²) in [4.78, 5) is 32.3. The van der Waals surface area contributed by atoms with E-state index < -0.39 is 21.9 Å². The van der Waals surface area contributed by atoms with Crippen molar-refractivity contribution in [3.63, 3.8) is 0 Å². The van der Waals surface area contributed by atoms with Crippen LogP contribution in [-0.2, 0) is 26.0 Å². The van der Waals surface area contributed by atoms with Crippen molar-refractivity contribution in [2.75, 3.05) is 19.7 Å². The van der Waals surface area contributed by atoms with Crippen LogP contribution in [0.4, 0.5) is 0 Å². The number of aryl methyl sites for hydroxylation is 1. The number of para-hydroxylation sites is 1. The van der Waals surface area contributed by atoms with Crippen molar-refractivity contribution in [3.8, 4) is 0 Å². The van der Waals surface area contributed by atoms with E-state index in [4.69, 9.17) is 4.74 Å². The Morgan fingerprint density at radius 1 is 1.19 bits per heavy atom. The molecule has 1 saturated heterocycles. The van der Waals surface area contributed by atoms with Crippen molar-refractivity contribution in [1.82, 2.24) is 14.3 Å². The number of H-pyrrole nitrogens is 1. The second kappa shape index (κ2) is 9.22. The molecule has 0 radical (unpaired) electrons. The number of ketones is 1. The Morgan fingerprint density at radius 2 is 1.97 bits per heavy atom. The van der Waals surface area contributed by atoms with Crippen molar-refractivity contribution < 1.29 is 22.7 Å². The molecule has 1 aromatic carbocycles. The SMILES string of the molecule is CCc1cccc2c(C(=O)COC(=O)C3CCN(S(=O)(=O)c4cccnc4)CC3)c[nH]c12. The van der Waals surface area contributed by atoms with Gasteiger partial charge >= 0.3 is 5.97 Å². The number of nitrogens with one attached hydrogen (secondary N) is 1. The van der Waals surface area contributed by atoms with Gasteiger partial charge in [0.15, 0.2) is 6.61 Å². The Morgan fingerprint density at radius 3 is 2.66 bits per heavy atom. The Bertz CT molecular complexity index is 1230. The number of nitrogens with zero attached hydrogens (tertiary/aromatic N) is 2. The lowest BCUT2D eigenvalue weighted by Crippen LogP contribution is -2.40. The summed E-state index contributed by atoms with van der Waals surface area (Å²) in [7, 11) is -3.63. The second-order valence-corrected chi connectivity index (χ2v) is 9.73. The minimum Gasteiger partial charge on any atom is -0.457 e. The van der Waals surface area contributed by atoms with Crippen LogP contribution in [0.15, 0.2) is 53.8 Å². The molecule has 8 nitrogen and oxygen atoms in total. The highest BCUT2D eigenvalue weighted by Gasteiger charge is 2.33. The summed E-state index contributed by atoms with van der Waals surface area (Å²) >= 11 is 0. The number of benzene rings is 1. The predicted octanol–water partition coefficient (Wildman–Crippen LogP) is 2.95. The van der Waals surface area contributed by atoms with Gasteiger partial charge in [0.1, 0.15) is 4.90 Å². The third kappa shape index (κ3) is 4.31. The first-order chi connectivity index (χ1) is 15.4. The molecule has 1 aliphatic heterocycles.